The maximum absolute atomic E-state index is 13.6. The van der Waals surface area contributed by atoms with E-state index in [1.54, 1.807) is 11.9 Å². The lowest BCUT2D eigenvalue weighted by atomic mass is 9.86. The maximum Gasteiger partial charge on any atom is 0.248 e. The first-order valence-corrected chi connectivity index (χ1v) is 13.8. The number of nitrogens with one attached hydrogen (secondary N) is 3. The number of fused-ring (bicyclic) bond motifs is 1. The number of alkyl halides is 2. The second-order valence-corrected chi connectivity index (χ2v) is 11.8. The van der Waals surface area contributed by atoms with Crippen LogP contribution in [0.15, 0.2) is 71.6 Å². The zero-order chi connectivity index (χ0) is 27.3. The number of hydrogen-bond donors (Lipinski definition) is 3. The Morgan fingerprint density at radius 1 is 0.947 bits per heavy atom. The van der Waals surface area contributed by atoms with Crippen LogP contribution in [0.25, 0.3) is 10.8 Å². The summed E-state index contributed by atoms with van der Waals surface area (Å²) in [6, 6.07) is 20.3. The second kappa shape index (κ2) is 11.8. The van der Waals surface area contributed by atoms with Gasteiger partial charge in [0.15, 0.2) is 0 Å². The Hall–Kier alpha value is -2.97. The van der Waals surface area contributed by atoms with Crippen LogP contribution in [0.2, 0.25) is 0 Å². The van der Waals surface area contributed by atoms with Gasteiger partial charge in [0.25, 0.3) is 0 Å². The standard InChI is InChI=1S/C30H35F2N3O2S/c1-29(2,3)35-38-26-14-8-11-22-23(26)12-7-13-24(22)33-28(37)25(19-20-9-5-4-6-10-20)34-27(36)21-15-17-30(31,32)18-16-21/h4-14,21,25,35H,15-19H2,1-3H3,(H,33,37)(H,34,36)/t25-/m0/s1. The van der Waals surface area contributed by atoms with Gasteiger partial charge in [0.05, 0.1) is 0 Å². The Bertz CT molecular complexity index is 1270. The molecule has 0 unspecified atom stereocenters. The predicted molar refractivity (Wildman–Crippen MR) is 150 cm³/mol. The molecule has 0 aromatic heterocycles. The Morgan fingerprint density at radius 3 is 2.29 bits per heavy atom. The van der Waals surface area contributed by atoms with Gasteiger partial charge in [-0.3, -0.25) is 14.3 Å². The van der Waals surface area contributed by atoms with E-state index in [2.05, 4.69) is 36.1 Å². The SMILES string of the molecule is CC(C)(C)NSc1cccc2c(NC(=O)[C@H](Cc3ccccc3)NC(=O)C3CCC(F)(F)CC3)cccc12. The largest absolute Gasteiger partial charge is 0.344 e. The van der Waals surface area contributed by atoms with Crippen LogP contribution < -0.4 is 15.4 Å². The van der Waals surface area contributed by atoms with Crippen LogP contribution in [0, 0.1) is 5.92 Å². The van der Waals surface area contributed by atoms with E-state index in [0.717, 1.165) is 21.2 Å². The third-order valence-corrected chi connectivity index (χ3v) is 7.90. The Kier molecular flexibility index (Phi) is 8.73. The number of benzene rings is 3. The number of rotatable bonds is 8. The van der Waals surface area contributed by atoms with Crippen LogP contribution in [-0.4, -0.2) is 29.3 Å². The van der Waals surface area contributed by atoms with Gasteiger partial charge >= 0.3 is 0 Å². The first kappa shape index (κ1) is 28.0. The quantitative estimate of drug-likeness (QED) is 0.278. The van der Waals surface area contributed by atoms with E-state index in [-0.39, 0.29) is 43.0 Å². The minimum absolute atomic E-state index is 0.0737. The fraction of sp³-hybridized carbons (Fsp3) is 0.400. The van der Waals surface area contributed by atoms with E-state index in [4.69, 9.17) is 0 Å². The Balaban J connectivity index is 1.54. The molecule has 0 radical (unpaired) electrons. The molecule has 1 saturated carbocycles. The molecule has 1 aliphatic carbocycles. The molecule has 2 amide bonds. The van der Waals surface area contributed by atoms with Crippen LogP contribution in [0.1, 0.15) is 52.0 Å². The molecular formula is C30H35F2N3O2S. The van der Waals surface area contributed by atoms with Gasteiger partial charge in [-0.15, -0.1) is 0 Å². The van der Waals surface area contributed by atoms with Gasteiger partial charge in [-0.25, -0.2) is 8.78 Å². The molecule has 3 N–H and O–H groups in total. The summed E-state index contributed by atoms with van der Waals surface area (Å²) in [4.78, 5) is 27.6. The van der Waals surface area contributed by atoms with E-state index in [0.29, 0.717) is 12.1 Å². The van der Waals surface area contributed by atoms with Crippen molar-refractivity contribution in [1.29, 1.82) is 0 Å². The zero-order valence-corrected chi connectivity index (χ0v) is 22.8. The molecule has 0 bridgehead atoms. The number of anilines is 1. The van der Waals surface area contributed by atoms with E-state index >= 15 is 0 Å². The van der Waals surface area contributed by atoms with Crippen LogP contribution in [-0.2, 0) is 16.0 Å². The fourth-order valence-electron chi connectivity index (χ4n) is 4.56. The molecular weight excluding hydrogens is 504 g/mol. The molecule has 8 heteroatoms. The van der Waals surface area contributed by atoms with Crippen molar-refractivity contribution < 1.29 is 18.4 Å². The highest BCUT2D eigenvalue weighted by Crippen LogP contribution is 2.36. The Labute approximate surface area is 227 Å². The van der Waals surface area contributed by atoms with E-state index in [1.807, 2.05) is 66.7 Å². The lowest BCUT2D eigenvalue weighted by Gasteiger charge is -2.29. The van der Waals surface area contributed by atoms with Crippen molar-refractivity contribution >= 4 is 40.2 Å². The zero-order valence-electron chi connectivity index (χ0n) is 22.0. The van der Waals surface area contributed by atoms with Crippen molar-refractivity contribution in [3.05, 3.63) is 72.3 Å². The first-order chi connectivity index (χ1) is 18.0. The minimum Gasteiger partial charge on any atom is -0.344 e. The molecule has 1 atom stereocenters. The van der Waals surface area contributed by atoms with Gasteiger partial charge in [-0.05, 0) is 68.6 Å². The summed E-state index contributed by atoms with van der Waals surface area (Å²) in [6.45, 7) is 6.28. The summed E-state index contributed by atoms with van der Waals surface area (Å²) in [6.07, 6.45) is -0.0828. The van der Waals surface area contributed by atoms with Crippen molar-refractivity contribution in [3.63, 3.8) is 0 Å². The summed E-state index contributed by atoms with van der Waals surface area (Å²) < 4.78 is 30.7. The monoisotopic (exact) mass is 539 g/mol. The van der Waals surface area contributed by atoms with E-state index in [9.17, 15) is 18.4 Å². The highest BCUT2D eigenvalue weighted by Gasteiger charge is 2.38. The predicted octanol–water partition coefficient (Wildman–Crippen LogP) is 6.73. The van der Waals surface area contributed by atoms with Crippen LogP contribution in [0.4, 0.5) is 14.5 Å². The summed E-state index contributed by atoms with van der Waals surface area (Å²) in [7, 11) is 0. The van der Waals surface area contributed by atoms with E-state index < -0.39 is 17.9 Å². The van der Waals surface area contributed by atoms with Crippen molar-refractivity contribution in [1.82, 2.24) is 10.0 Å². The molecule has 5 nitrogen and oxygen atoms in total. The molecule has 38 heavy (non-hydrogen) atoms. The van der Waals surface area contributed by atoms with Crippen LogP contribution in [0.5, 0.6) is 0 Å². The summed E-state index contributed by atoms with van der Waals surface area (Å²) >= 11 is 1.54. The third-order valence-electron chi connectivity index (χ3n) is 6.61. The molecule has 3 aromatic rings. The number of carbonyl (C=O) groups is 2. The Morgan fingerprint density at radius 2 is 1.61 bits per heavy atom. The van der Waals surface area contributed by atoms with Crippen molar-refractivity contribution in [2.45, 2.75) is 75.3 Å². The second-order valence-electron chi connectivity index (χ2n) is 11.0. The number of carbonyl (C=O) groups excluding carboxylic acids is 2. The summed E-state index contributed by atoms with van der Waals surface area (Å²) in [5.74, 6) is -3.93. The molecule has 0 spiro atoms. The molecule has 0 heterocycles. The minimum atomic E-state index is -2.72. The van der Waals surface area contributed by atoms with Crippen molar-refractivity contribution in [2.24, 2.45) is 5.92 Å². The van der Waals surface area contributed by atoms with Gasteiger partial charge < -0.3 is 10.6 Å². The van der Waals surface area contributed by atoms with Gasteiger partial charge in [0.1, 0.15) is 6.04 Å². The van der Waals surface area contributed by atoms with E-state index in [1.165, 1.54) is 0 Å². The maximum atomic E-state index is 13.6. The molecule has 202 valence electrons. The van der Waals surface area contributed by atoms with Crippen LogP contribution in [0.3, 0.4) is 0 Å². The lowest BCUT2D eigenvalue weighted by Crippen LogP contribution is -2.48. The average Bonchev–Trinajstić information content (AvgIpc) is 2.87. The normalized spacial score (nSPS) is 16.7. The fourth-order valence-corrected chi connectivity index (χ4v) is 5.41. The molecule has 4 rings (SSSR count). The average molecular weight is 540 g/mol. The molecule has 0 aliphatic heterocycles. The van der Waals surface area contributed by atoms with Gasteiger partial charge in [-0.1, -0.05) is 54.6 Å². The van der Waals surface area contributed by atoms with Crippen LogP contribution >= 0.6 is 11.9 Å². The number of hydrogen-bond acceptors (Lipinski definition) is 4. The highest BCUT2D eigenvalue weighted by atomic mass is 32.2. The lowest BCUT2D eigenvalue weighted by molar-refractivity contribution is -0.132. The third kappa shape index (κ3) is 7.54. The number of halogens is 2. The van der Waals surface area contributed by atoms with Crippen molar-refractivity contribution in [2.75, 3.05) is 5.32 Å². The number of amides is 2. The molecule has 0 saturated heterocycles. The van der Waals surface area contributed by atoms with Gasteiger partial charge in [0.2, 0.25) is 17.7 Å². The van der Waals surface area contributed by atoms with Gasteiger partial charge in [-0.2, -0.15) is 0 Å². The molecule has 1 fully saturated rings. The highest BCUT2D eigenvalue weighted by molar-refractivity contribution is 7.97. The van der Waals surface area contributed by atoms with Crippen molar-refractivity contribution in [3.8, 4) is 0 Å². The topological polar surface area (TPSA) is 70.2 Å². The van der Waals surface area contributed by atoms with Gasteiger partial charge in [0, 0.05) is 46.7 Å². The first-order valence-electron chi connectivity index (χ1n) is 13.0. The smallest absolute Gasteiger partial charge is 0.248 e. The summed E-state index contributed by atoms with van der Waals surface area (Å²) in [5, 5.41) is 7.78. The molecule has 3 aromatic carbocycles. The molecule has 1 aliphatic rings. The summed E-state index contributed by atoms with van der Waals surface area (Å²) in [5.41, 5.74) is 1.47.